The molecule has 0 radical (unpaired) electrons. The zero-order valence-electron chi connectivity index (χ0n) is 7.61. The molecule has 0 aliphatic carbocycles. The molecule has 5 nitrogen and oxygen atoms in total. The molecule has 5 heteroatoms. The molecule has 1 aromatic rings. The van der Waals surface area contributed by atoms with E-state index in [9.17, 15) is 0 Å². The van der Waals surface area contributed by atoms with E-state index in [4.69, 9.17) is 5.73 Å². The van der Waals surface area contributed by atoms with Crippen LogP contribution in [0, 0.1) is 5.92 Å². The average Bonchev–Trinajstić information content (AvgIpc) is 2.53. The summed E-state index contributed by atoms with van der Waals surface area (Å²) in [6.45, 7) is 3.19. The maximum Gasteiger partial charge on any atom is 0.165 e. The number of nitrogen functional groups attached to an aromatic ring is 1. The van der Waals surface area contributed by atoms with Crippen LogP contribution >= 0.6 is 0 Å². The molecule has 2 rings (SSSR count). The fourth-order valence-electron chi connectivity index (χ4n) is 1.73. The van der Waals surface area contributed by atoms with Gasteiger partial charge in [-0.3, -0.25) is 4.68 Å². The maximum atomic E-state index is 5.48. The van der Waals surface area contributed by atoms with Gasteiger partial charge in [-0.15, -0.1) is 5.10 Å². The minimum atomic E-state index is 0.508. The number of piperidine rings is 1. The highest BCUT2D eigenvalue weighted by atomic mass is 15.4. The molecule has 13 heavy (non-hydrogen) atoms. The van der Waals surface area contributed by atoms with Gasteiger partial charge in [0.2, 0.25) is 0 Å². The molecule has 0 unspecified atom stereocenters. The molecule has 2 heterocycles. The van der Waals surface area contributed by atoms with E-state index in [1.165, 1.54) is 12.8 Å². The number of hydrogen-bond donors (Lipinski definition) is 2. The van der Waals surface area contributed by atoms with E-state index in [1.54, 1.807) is 6.20 Å². The molecule has 1 aromatic heterocycles. The van der Waals surface area contributed by atoms with Gasteiger partial charge in [0, 0.05) is 6.54 Å². The molecule has 3 N–H and O–H groups in total. The second-order valence-corrected chi connectivity index (χ2v) is 3.56. The number of rotatable bonds is 2. The Morgan fingerprint density at radius 2 is 2.31 bits per heavy atom. The van der Waals surface area contributed by atoms with Gasteiger partial charge in [0.15, 0.2) is 5.82 Å². The van der Waals surface area contributed by atoms with Crippen LogP contribution in [0.15, 0.2) is 6.20 Å². The van der Waals surface area contributed by atoms with Gasteiger partial charge in [-0.1, -0.05) is 5.21 Å². The van der Waals surface area contributed by atoms with Crippen molar-refractivity contribution in [2.24, 2.45) is 5.92 Å². The van der Waals surface area contributed by atoms with Crippen molar-refractivity contribution in [2.75, 3.05) is 18.8 Å². The summed E-state index contributed by atoms with van der Waals surface area (Å²) in [6, 6.07) is 0. The highest BCUT2D eigenvalue weighted by Gasteiger charge is 2.13. The standard InChI is InChI=1S/C8H15N5/c9-8-6-13(12-11-8)5-7-1-3-10-4-2-7/h6-7,10H,1-5,9H2. The highest BCUT2D eigenvalue weighted by molar-refractivity contribution is 5.19. The monoisotopic (exact) mass is 181 g/mol. The van der Waals surface area contributed by atoms with Gasteiger partial charge in [-0.05, 0) is 31.8 Å². The Balaban J connectivity index is 1.89. The van der Waals surface area contributed by atoms with E-state index in [-0.39, 0.29) is 0 Å². The first-order valence-electron chi connectivity index (χ1n) is 4.71. The molecule has 1 aliphatic rings. The molecular formula is C8H15N5. The molecule has 1 saturated heterocycles. The zero-order chi connectivity index (χ0) is 9.10. The van der Waals surface area contributed by atoms with Crippen molar-refractivity contribution in [3.8, 4) is 0 Å². The first-order chi connectivity index (χ1) is 6.34. The van der Waals surface area contributed by atoms with Crippen molar-refractivity contribution < 1.29 is 0 Å². The smallest absolute Gasteiger partial charge is 0.165 e. The predicted octanol–water partition coefficient (Wildman–Crippen LogP) is -0.140. The Labute approximate surface area is 77.3 Å². The average molecular weight is 181 g/mol. The van der Waals surface area contributed by atoms with Gasteiger partial charge >= 0.3 is 0 Å². The zero-order valence-corrected chi connectivity index (χ0v) is 7.61. The Hall–Kier alpha value is -1.10. The first kappa shape index (κ1) is 8.50. The van der Waals surface area contributed by atoms with Crippen LogP contribution < -0.4 is 11.1 Å². The number of anilines is 1. The van der Waals surface area contributed by atoms with Crippen LogP contribution in [-0.4, -0.2) is 28.1 Å². The van der Waals surface area contributed by atoms with Gasteiger partial charge in [0.25, 0.3) is 0 Å². The summed E-state index contributed by atoms with van der Waals surface area (Å²) in [5.74, 6) is 1.23. The summed E-state index contributed by atoms with van der Waals surface area (Å²) >= 11 is 0. The van der Waals surface area contributed by atoms with Crippen LogP contribution in [0.5, 0.6) is 0 Å². The Kier molecular flexibility index (Phi) is 2.44. The Bertz CT molecular complexity index is 263. The number of nitrogens with zero attached hydrogens (tertiary/aromatic N) is 3. The summed E-state index contributed by atoms with van der Waals surface area (Å²) < 4.78 is 1.84. The lowest BCUT2D eigenvalue weighted by Crippen LogP contribution is -2.30. The minimum Gasteiger partial charge on any atom is -0.381 e. The lowest BCUT2D eigenvalue weighted by Gasteiger charge is -2.21. The Morgan fingerprint density at radius 3 is 2.92 bits per heavy atom. The van der Waals surface area contributed by atoms with Gasteiger partial charge in [-0.2, -0.15) is 0 Å². The molecule has 0 bridgehead atoms. The molecule has 72 valence electrons. The highest BCUT2D eigenvalue weighted by Crippen LogP contribution is 2.13. The molecule has 0 aromatic carbocycles. The van der Waals surface area contributed by atoms with Crippen molar-refractivity contribution in [3.63, 3.8) is 0 Å². The lowest BCUT2D eigenvalue weighted by atomic mass is 9.98. The van der Waals surface area contributed by atoms with Crippen LogP contribution in [0.25, 0.3) is 0 Å². The topological polar surface area (TPSA) is 68.8 Å². The van der Waals surface area contributed by atoms with Gasteiger partial charge < -0.3 is 11.1 Å². The fourth-order valence-corrected chi connectivity index (χ4v) is 1.73. The fraction of sp³-hybridized carbons (Fsp3) is 0.750. The second-order valence-electron chi connectivity index (χ2n) is 3.56. The van der Waals surface area contributed by atoms with E-state index < -0.39 is 0 Å². The van der Waals surface area contributed by atoms with E-state index in [0.717, 1.165) is 25.6 Å². The van der Waals surface area contributed by atoms with Crippen LogP contribution in [0.2, 0.25) is 0 Å². The molecule has 0 atom stereocenters. The van der Waals surface area contributed by atoms with Crippen molar-refractivity contribution in [3.05, 3.63) is 6.20 Å². The largest absolute Gasteiger partial charge is 0.381 e. The van der Waals surface area contributed by atoms with Crippen LogP contribution in [0.4, 0.5) is 5.82 Å². The number of hydrogen-bond acceptors (Lipinski definition) is 4. The first-order valence-corrected chi connectivity index (χ1v) is 4.71. The third kappa shape index (κ3) is 2.18. The second kappa shape index (κ2) is 3.74. The van der Waals surface area contributed by atoms with Crippen LogP contribution in [0.1, 0.15) is 12.8 Å². The SMILES string of the molecule is Nc1cn(CC2CCNCC2)nn1. The molecule has 0 spiro atoms. The van der Waals surface area contributed by atoms with Gasteiger partial charge in [-0.25, -0.2) is 0 Å². The minimum absolute atomic E-state index is 0.508. The number of aromatic nitrogens is 3. The molecule has 0 saturated carbocycles. The maximum absolute atomic E-state index is 5.48. The molecule has 1 aliphatic heterocycles. The van der Waals surface area contributed by atoms with Crippen molar-refractivity contribution >= 4 is 5.82 Å². The summed E-state index contributed by atoms with van der Waals surface area (Å²) in [6.07, 6.45) is 4.24. The molecule has 1 fully saturated rings. The third-order valence-electron chi connectivity index (χ3n) is 2.46. The Morgan fingerprint density at radius 1 is 1.54 bits per heavy atom. The van der Waals surface area contributed by atoms with Crippen LogP contribution in [0.3, 0.4) is 0 Å². The van der Waals surface area contributed by atoms with Gasteiger partial charge in [0.1, 0.15) is 0 Å². The van der Waals surface area contributed by atoms with E-state index in [2.05, 4.69) is 15.6 Å². The summed E-state index contributed by atoms with van der Waals surface area (Å²) in [4.78, 5) is 0. The van der Waals surface area contributed by atoms with Crippen LogP contribution in [-0.2, 0) is 6.54 Å². The normalized spacial score (nSPS) is 19.1. The van der Waals surface area contributed by atoms with Crippen molar-refractivity contribution in [1.82, 2.24) is 20.3 Å². The molecule has 0 amide bonds. The van der Waals surface area contributed by atoms with Gasteiger partial charge in [0.05, 0.1) is 6.20 Å². The molecular weight excluding hydrogens is 166 g/mol. The number of nitrogens with two attached hydrogens (primary N) is 1. The third-order valence-corrected chi connectivity index (χ3v) is 2.46. The lowest BCUT2D eigenvalue weighted by molar-refractivity contribution is 0.318. The van der Waals surface area contributed by atoms with Crippen molar-refractivity contribution in [2.45, 2.75) is 19.4 Å². The van der Waals surface area contributed by atoms with E-state index >= 15 is 0 Å². The predicted molar refractivity (Wildman–Crippen MR) is 50.0 cm³/mol. The van der Waals surface area contributed by atoms with Crippen molar-refractivity contribution in [1.29, 1.82) is 0 Å². The summed E-state index contributed by atoms with van der Waals surface area (Å²) in [5, 5.41) is 11.0. The quantitative estimate of drug-likeness (QED) is 0.666. The summed E-state index contributed by atoms with van der Waals surface area (Å²) in [7, 11) is 0. The van der Waals surface area contributed by atoms with E-state index in [0.29, 0.717) is 5.82 Å². The van der Waals surface area contributed by atoms with E-state index in [1.807, 2.05) is 4.68 Å². The number of nitrogens with one attached hydrogen (secondary N) is 1. The summed E-state index contributed by atoms with van der Waals surface area (Å²) in [5.41, 5.74) is 5.48.